The molecule has 2 N–H and O–H groups in total. The highest BCUT2D eigenvalue weighted by Gasteiger charge is 2.59. The van der Waals surface area contributed by atoms with Crippen LogP contribution in [0.4, 0.5) is 5.69 Å². The molecule has 0 saturated carbocycles. The Kier molecular flexibility index (Phi) is 3.76. The van der Waals surface area contributed by atoms with Crippen molar-refractivity contribution in [3.05, 3.63) is 47.3 Å². The van der Waals surface area contributed by atoms with E-state index in [1.807, 2.05) is 53.8 Å². The number of anilines is 1. The summed E-state index contributed by atoms with van der Waals surface area (Å²) >= 11 is 0. The van der Waals surface area contributed by atoms with Crippen LogP contribution in [0.5, 0.6) is 0 Å². The molecule has 28 heavy (non-hydrogen) atoms. The molecule has 7 nitrogen and oxygen atoms in total. The lowest BCUT2D eigenvalue weighted by molar-refractivity contribution is -0.133. The highest BCUT2D eigenvalue weighted by molar-refractivity contribution is 6.02. The molecule has 3 aliphatic heterocycles. The van der Waals surface area contributed by atoms with E-state index in [1.165, 1.54) is 0 Å². The summed E-state index contributed by atoms with van der Waals surface area (Å²) in [7, 11) is 0. The number of aromatic nitrogens is 2. The Morgan fingerprint density at radius 2 is 2.07 bits per heavy atom. The van der Waals surface area contributed by atoms with Crippen molar-refractivity contribution in [2.45, 2.75) is 63.8 Å². The van der Waals surface area contributed by atoms with Crippen molar-refractivity contribution >= 4 is 17.5 Å². The number of benzene rings is 1. The van der Waals surface area contributed by atoms with Crippen LogP contribution in [0.25, 0.3) is 0 Å². The zero-order valence-corrected chi connectivity index (χ0v) is 16.2. The third kappa shape index (κ3) is 2.52. The van der Waals surface area contributed by atoms with Crippen molar-refractivity contribution in [2.75, 3.05) is 5.32 Å². The van der Waals surface area contributed by atoms with E-state index < -0.39 is 5.66 Å². The Bertz CT molecular complexity index is 967. The van der Waals surface area contributed by atoms with E-state index in [-0.39, 0.29) is 23.9 Å². The van der Waals surface area contributed by atoms with Crippen molar-refractivity contribution in [1.29, 1.82) is 0 Å². The van der Waals surface area contributed by atoms with Gasteiger partial charge in [0.25, 0.3) is 5.91 Å². The van der Waals surface area contributed by atoms with Gasteiger partial charge in [0.2, 0.25) is 5.91 Å². The minimum Gasteiger partial charge on any atom is -0.360 e. The number of aryl methyl sites for hydroxylation is 3. The molecule has 5 rings (SSSR count). The van der Waals surface area contributed by atoms with Gasteiger partial charge in [0.15, 0.2) is 0 Å². The fourth-order valence-corrected chi connectivity index (χ4v) is 5.28. The Labute approximate surface area is 164 Å². The molecule has 1 aromatic heterocycles. The van der Waals surface area contributed by atoms with Crippen LogP contribution in [0.2, 0.25) is 0 Å². The van der Waals surface area contributed by atoms with Gasteiger partial charge in [-0.15, -0.1) is 0 Å². The number of nitrogens with zero attached hydrogens (tertiary/aromatic N) is 3. The first-order valence-electron chi connectivity index (χ1n) is 9.99. The molecule has 0 unspecified atom stereocenters. The van der Waals surface area contributed by atoms with Gasteiger partial charge in [-0.05, 0) is 44.9 Å². The average molecular weight is 379 g/mol. The first-order valence-corrected chi connectivity index (χ1v) is 9.99. The highest BCUT2D eigenvalue weighted by atomic mass is 16.2. The molecule has 146 valence electrons. The highest BCUT2D eigenvalue weighted by Crippen LogP contribution is 2.46. The van der Waals surface area contributed by atoms with Gasteiger partial charge >= 0.3 is 0 Å². The van der Waals surface area contributed by atoms with Gasteiger partial charge in [0.05, 0.1) is 17.3 Å². The maximum Gasteiger partial charge on any atom is 0.255 e. The van der Waals surface area contributed by atoms with Gasteiger partial charge in [0, 0.05) is 36.8 Å². The van der Waals surface area contributed by atoms with Crippen LogP contribution in [0.15, 0.2) is 30.3 Å². The SMILES string of the molecule is Cc1cc(C)n(CCC(=O)N2[C@@H]3CC[C@@H]2[C@]2(C3)NC(=O)c3ccccc3N2)n1. The molecule has 2 saturated heterocycles. The van der Waals surface area contributed by atoms with Crippen molar-refractivity contribution in [3.63, 3.8) is 0 Å². The molecular formula is C21H25N5O2. The number of amides is 2. The van der Waals surface area contributed by atoms with E-state index >= 15 is 0 Å². The number of carbonyl (C=O) groups is 2. The zero-order chi connectivity index (χ0) is 19.5. The average Bonchev–Trinajstić information content (AvgIpc) is 3.30. The summed E-state index contributed by atoms with van der Waals surface area (Å²) < 4.78 is 1.90. The van der Waals surface area contributed by atoms with Gasteiger partial charge in [-0.1, -0.05) is 12.1 Å². The molecule has 4 heterocycles. The minimum absolute atomic E-state index is 0.0113. The molecule has 2 fully saturated rings. The van der Waals surface area contributed by atoms with Crippen LogP contribution in [0.1, 0.15) is 47.4 Å². The number of fused-ring (bicyclic) bond motifs is 4. The molecule has 2 aromatic rings. The maximum absolute atomic E-state index is 13.1. The smallest absolute Gasteiger partial charge is 0.255 e. The lowest BCUT2D eigenvalue weighted by atomic mass is 9.86. The maximum atomic E-state index is 13.1. The van der Waals surface area contributed by atoms with E-state index in [0.29, 0.717) is 18.5 Å². The van der Waals surface area contributed by atoms with Gasteiger partial charge in [-0.2, -0.15) is 5.10 Å². The third-order valence-electron chi connectivity index (χ3n) is 6.42. The normalized spacial score (nSPS) is 27.6. The Hall–Kier alpha value is -2.83. The summed E-state index contributed by atoms with van der Waals surface area (Å²) in [6.07, 6.45) is 3.09. The third-order valence-corrected chi connectivity index (χ3v) is 6.42. The first kappa shape index (κ1) is 17.3. The van der Waals surface area contributed by atoms with E-state index in [0.717, 1.165) is 36.3 Å². The summed E-state index contributed by atoms with van der Waals surface area (Å²) in [6, 6.07) is 9.76. The molecular weight excluding hydrogens is 354 g/mol. The second-order valence-electron chi connectivity index (χ2n) is 8.25. The topological polar surface area (TPSA) is 79.3 Å². The molecule has 7 heteroatoms. The van der Waals surface area contributed by atoms with Crippen LogP contribution in [0, 0.1) is 13.8 Å². The standard InChI is InChI=1S/C21H25N5O2/c1-13-11-14(2)25(24-13)10-9-19(27)26-15-7-8-18(26)21(12-15)22-17-6-4-3-5-16(17)20(28)23-21/h3-6,11,15,18,22H,7-10,12H2,1-2H3,(H,23,28)/t15-,18-,21+/m1/s1. The fourth-order valence-electron chi connectivity index (χ4n) is 5.28. The van der Waals surface area contributed by atoms with Gasteiger partial charge in [-0.25, -0.2) is 0 Å². The summed E-state index contributed by atoms with van der Waals surface area (Å²) in [5.41, 5.74) is 3.01. The van der Waals surface area contributed by atoms with Crippen molar-refractivity contribution in [1.82, 2.24) is 20.0 Å². The second-order valence-corrected chi connectivity index (χ2v) is 8.25. The van der Waals surface area contributed by atoms with Crippen molar-refractivity contribution < 1.29 is 9.59 Å². The van der Waals surface area contributed by atoms with E-state index in [1.54, 1.807) is 0 Å². The quantitative estimate of drug-likeness (QED) is 0.857. The van der Waals surface area contributed by atoms with Crippen LogP contribution >= 0.6 is 0 Å². The Morgan fingerprint density at radius 1 is 1.25 bits per heavy atom. The lowest BCUT2D eigenvalue weighted by Crippen LogP contribution is -2.64. The van der Waals surface area contributed by atoms with Gasteiger partial charge < -0.3 is 15.5 Å². The van der Waals surface area contributed by atoms with Crippen LogP contribution in [-0.2, 0) is 11.3 Å². The molecule has 0 aliphatic carbocycles. The lowest BCUT2D eigenvalue weighted by Gasteiger charge is -2.43. The summed E-state index contributed by atoms with van der Waals surface area (Å²) in [6.45, 7) is 4.56. The van der Waals surface area contributed by atoms with E-state index in [9.17, 15) is 9.59 Å². The fraction of sp³-hybridized carbons (Fsp3) is 0.476. The Balaban J connectivity index is 1.35. The van der Waals surface area contributed by atoms with Crippen molar-refractivity contribution in [2.24, 2.45) is 0 Å². The molecule has 2 amide bonds. The number of hydrogen-bond donors (Lipinski definition) is 2. The molecule has 3 aliphatic rings. The van der Waals surface area contributed by atoms with Crippen LogP contribution in [-0.4, -0.2) is 44.2 Å². The monoisotopic (exact) mass is 379 g/mol. The predicted octanol–water partition coefficient (Wildman–Crippen LogP) is 2.21. The van der Waals surface area contributed by atoms with E-state index in [4.69, 9.17) is 0 Å². The number of rotatable bonds is 3. The molecule has 0 radical (unpaired) electrons. The minimum atomic E-state index is -0.553. The van der Waals surface area contributed by atoms with Gasteiger partial charge in [-0.3, -0.25) is 14.3 Å². The molecule has 1 aromatic carbocycles. The number of nitrogens with one attached hydrogen (secondary N) is 2. The first-order chi connectivity index (χ1) is 13.5. The summed E-state index contributed by atoms with van der Waals surface area (Å²) in [4.78, 5) is 27.8. The molecule has 3 atom stereocenters. The van der Waals surface area contributed by atoms with Crippen LogP contribution < -0.4 is 10.6 Å². The Morgan fingerprint density at radius 3 is 2.86 bits per heavy atom. The van der Waals surface area contributed by atoms with E-state index in [2.05, 4.69) is 15.7 Å². The number of para-hydroxylation sites is 1. The zero-order valence-electron chi connectivity index (χ0n) is 16.2. The summed E-state index contributed by atoms with van der Waals surface area (Å²) in [5.74, 6) is 0.0868. The molecule has 1 spiro atoms. The second kappa shape index (κ2) is 6.09. The van der Waals surface area contributed by atoms with Gasteiger partial charge in [0.1, 0.15) is 5.66 Å². The summed E-state index contributed by atoms with van der Waals surface area (Å²) in [5, 5.41) is 11.2. The van der Waals surface area contributed by atoms with Crippen molar-refractivity contribution in [3.8, 4) is 0 Å². The number of hydrogen-bond acceptors (Lipinski definition) is 4. The predicted molar refractivity (Wildman–Crippen MR) is 105 cm³/mol. The molecule has 2 bridgehead atoms. The largest absolute Gasteiger partial charge is 0.360 e. The number of carbonyl (C=O) groups excluding carboxylic acids is 2. The van der Waals surface area contributed by atoms with Crippen LogP contribution in [0.3, 0.4) is 0 Å².